The van der Waals surface area contributed by atoms with Gasteiger partial charge in [-0.2, -0.15) is 5.10 Å². The first-order valence-electron chi connectivity index (χ1n) is 10.1. The molecule has 0 amide bonds. The van der Waals surface area contributed by atoms with E-state index in [0.717, 1.165) is 49.0 Å². The van der Waals surface area contributed by atoms with Crippen LogP contribution in [0, 0.1) is 0 Å². The highest BCUT2D eigenvalue weighted by Gasteiger charge is 2.23. The third-order valence-corrected chi connectivity index (χ3v) is 5.03. The van der Waals surface area contributed by atoms with E-state index in [-0.39, 0.29) is 24.0 Å². The van der Waals surface area contributed by atoms with E-state index in [4.69, 9.17) is 4.99 Å². The molecule has 0 radical (unpaired) electrons. The molecule has 1 aliphatic rings. The Bertz CT molecular complexity index is 928. The fourth-order valence-corrected chi connectivity index (χ4v) is 3.60. The van der Waals surface area contributed by atoms with E-state index < -0.39 is 0 Å². The van der Waals surface area contributed by atoms with Crippen LogP contribution in [0.3, 0.4) is 0 Å². The van der Waals surface area contributed by atoms with Crippen LogP contribution in [-0.2, 0) is 6.54 Å². The van der Waals surface area contributed by atoms with Crippen molar-refractivity contribution in [1.82, 2.24) is 25.8 Å². The number of rotatable bonds is 6. The van der Waals surface area contributed by atoms with Gasteiger partial charge in [-0.3, -0.25) is 5.10 Å². The first kappa shape index (κ1) is 22.1. The lowest BCUT2D eigenvalue weighted by Crippen LogP contribution is -2.44. The van der Waals surface area contributed by atoms with E-state index in [1.165, 1.54) is 12.0 Å². The molecular weight excluding hydrogens is 489 g/mol. The summed E-state index contributed by atoms with van der Waals surface area (Å²) in [5.41, 5.74) is 3.43. The van der Waals surface area contributed by atoms with Crippen LogP contribution in [0.1, 0.15) is 18.9 Å². The Morgan fingerprint density at radius 1 is 1.20 bits per heavy atom. The Morgan fingerprint density at radius 3 is 2.83 bits per heavy atom. The third-order valence-electron chi connectivity index (χ3n) is 5.03. The number of guanidine groups is 1. The number of para-hydroxylation sites is 1. The molecule has 4 rings (SSSR count). The molecule has 1 saturated heterocycles. The number of hydrogen-bond acceptors (Lipinski definition) is 4. The van der Waals surface area contributed by atoms with E-state index in [0.29, 0.717) is 12.6 Å². The average Bonchev–Trinajstić information content (AvgIpc) is 3.46. The minimum atomic E-state index is 0. The van der Waals surface area contributed by atoms with Gasteiger partial charge in [0, 0.05) is 36.9 Å². The summed E-state index contributed by atoms with van der Waals surface area (Å²) in [4.78, 5) is 11.4. The fourth-order valence-electron chi connectivity index (χ4n) is 3.60. The zero-order valence-corrected chi connectivity index (χ0v) is 19.4. The van der Waals surface area contributed by atoms with Crippen molar-refractivity contribution >= 4 is 35.6 Å². The molecular formula is C22H28IN7. The van der Waals surface area contributed by atoms with Crippen molar-refractivity contribution in [3.63, 3.8) is 0 Å². The Kier molecular flexibility index (Phi) is 8.06. The molecule has 2 aromatic carbocycles. The summed E-state index contributed by atoms with van der Waals surface area (Å²) in [7, 11) is 0. The maximum atomic E-state index is 4.80. The van der Waals surface area contributed by atoms with Gasteiger partial charge in [0.1, 0.15) is 6.33 Å². The van der Waals surface area contributed by atoms with Gasteiger partial charge in [-0.1, -0.05) is 36.4 Å². The van der Waals surface area contributed by atoms with E-state index in [1.807, 2.05) is 12.1 Å². The van der Waals surface area contributed by atoms with Crippen LogP contribution in [0.2, 0.25) is 0 Å². The molecule has 3 aromatic rings. The molecule has 1 unspecified atom stereocenters. The predicted octanol–water partition coefficient (Wildman–Crippen LogP) is 3.42. The Morgan fingerprint density at radius 2 is 2.07 bits per heavy atom. The SMILES string of the molecule is CCNC(=NCc1cccc(-c2ncn[nH]2)c1)NC1CCN(c2ccccc2)C1.I. The van der Waals surface area contributed by atoms with E-state index in [1.54, 1.807) is 0 Å². The average molecular weight is 517 g/mol. The quantitative estimate of drug-likeness (QED) is 0.265. The van der Waals surface area contributed by atoms with E-state index >= 15 is 0 Å². The zero-order chi connectivity index (χ0) is 19.9. The van der Waals surface area contributed by atoms with Crippen molar-refractivity contribution in [2.75, 3.05) is 24.5 Å². The molecule has 0 spiro atoms. The number of benzene rings is 2. The smallest absolute Gasteiger partial charge is 0.191 e. The van der Waals surface area contributed by atoms with Crippen molar-refractivity contribution in [3.8, 4) is 11.4 Å². The van der Waals surface area contributed by atoms with Gasteiger partial charge < -0.3 is 15.5 Å². The highest BCUT2D eigenvalue weighted by molar-refractivity contribution is 14.0. The van der Waals surface area contributed by atoms with Crippen LogP contribution in [0.4, 0.5) is 5.69 Å². The molecule has 1 fully saturated rings. The predicted molar refractivity (Wildman–Crippen MR) is 132 cm³/mol. The fraction of sp³-hybridized carbons (Fsp3) is 0.318. The summed E-state index contributed by atoms with van der Waals surface area (Å²) in [6.07, 6.45) is 2.62. The minimum absolute atomic E-state index is 0. The molecule has 158 valence electrons. The molecule has 8 heteroatoms. The van der Waals surface area contributed by atoms with Gasteiger partial charge >= 0.3 is 0 Å². The van der Waals surface area contributed by atoms with Crippen molar-refractivity contribution in [3.05, 3.63) is 66.5 Å². The maximum absolute atomic E-state index is 4.80. The first-order valence-corrected chi connectivity index (χ1v) is 10.1. The second-order valence-corrected chi connectivity index (χ2v) is 7.14. The van der Waals surface area contributed by atoms with Gasteiger partial charge in [-0.15, -0.1) is 24.0 Å². The van der Waals surface area contributed by atoms with E-state index in [2.05, 4.69) is 80.1 Å². The molecule has 2 heterocycles. The molecule has 30 heavy (non-hydrogen) atoms. The number of hydrogen-bond donors (Lipinski definition) is 3. The lowest BCUT2D eigenvalue weighted by molar-refractivity contribution is 0.649. The zero-order valence-electron chi connectivity index (χ0n) is 17.1. The number of H-pyrrole nitrogens is 1. The molecule has 3 N–H and O–H groups in total. The lowest BCUT2D eigenvalue weighted by atomic mass is 10.1. The van der Waals surface area contributed by atoms with Gasteiger partial charge in [-0.25, -0.2) is 9.98 Å². The Labute approximate surface area is 194 Å². The molecule has 1 atom stereocenters. The number of nitrogens with zero attached hydrogens (tertiary/aromatic N) is 4. The summed E-state index contributed by atoms with van der Waals surface area (Å²) in [6, 6.07) is 19.2. The lowest BCUT2D eigenvalue weighted by Gasteiger charge is -2.20. The van der Waals surface area contributed by atoms with Gasteiger partial charge in [0.15, 0.2) is 11.8 Å². The van der Waals surface area contributed by atoms with Crippen molar-refractivity contribution in [2.24, 2.45) is 4.99 Å². The number of aromatic amines is 1. The van der Waals surface area contributed by atoms with Crippen LogP contribution in [0.25, 0.3) is 11.4 Å². The molecule has 0 aliphatic carbocycles. The van der Waals surface area contributed by atoms with Crippen LogP contribution in [0.5, 0.6) is 0 Å². The van der Waals surface area contributed by atoms with Crippen molar-refractivity contribution in [2.45, 2.75) is 25.9 Å². The Hall–Kier alpha value is -2.62. The number of nitrogens with one attached hydrogen (secondary N) is 3. The summed E-state index contributed by atoms with van der Waals surface area (Å²) < 4.78 is 0. The second kappa shape index (κ2) is 11.0. The molecule has 0 saturated carbocycles. The highest BCUT2D eigenvalue weighted by Crippen LogP contribution is 2.20. The summed E-state index contributed by atoms with van der Waals surface area (Å²) >= 11 is 0. The van der Waals surface area contributed by atoms with Crippen LogP contribution in [-0.4, -0.2) is 46.8 Å². The Balaban J connectivity index is 0.00000256. The highest BCUT2D eigenvalue weighted by atomic mass is 127. The first-order chi connectivity index (χ1) is 14.3. The van der Waals surface area contributed by atoms with Crippen molar-refractivity contribution < 1.29 is 0 Å². The second-order valence-electron chi connectivity index (χ2n) is 7.14. The van der Waals surface area contributed by atoms with Crippen LogP contribution < -0.4 is 15.5 Å². The van der Waals surface area contributed by atoms with E-state index in [9.17, 15) is 0 Å². The van der Waals surface area contributed by atoms with Gasteiger partial charge in [0.2, 0.25) is 0 Å². The standard InChI is InChI=1S/C22H27N7.HI/c1-2-23-22(27-19-11-12-29(15-19)20-9-4-3-5-10-20)24-14-17-7-6-8-18(13-17)21-25-16-26-28-21;/h3-10,13,16,19H,2,11-12,14-15H2,1H3,(H2,23,24,27)(H,25,26,28);1H. The van der Waals surface area contributed by atoms with Crippen LogP contribution >= 0.6 is 24.0 Å². The summed E-state index contributed by atoms with van der Waals surface area (Å²) in [5.74, 6) is 1.63. The normalized spacial score (nSPS) is 16.2. The largest absolute Gasteiger partial charge is 0.369 e. The number of halogens is 1. The number of aliphatic imine (C=N–C) groups is 1. The molecule has 0 bridgehead atoms. The summed E-state index contributed by atoms with van der Waals surface area (Å²) in [5, 5.41) is 13.8. The number of aromatic nitrogens is 3. The minimum Gasteiger partial charge on any atom is -0.369 e. The maximum Gasteiger partial charge on any atom is 0.191 e. The molecule has 7 nitrogen and oxygen atoms in total. The van der Waals surface area contributed by atoms with Gasteiger partial charge in [0.25, 0.3) is 0 Å². The van der Waals surface area contributed by atoms with Gasteiger partial charge in [-0.05, 0) is 37.1 Å². The summed E-state index contributed by atoms with van der Waals surface area (Å²) in [6.45, 7) is 5.56. The third kappa shape index (κ3) is 5.71. The molecule has 1 aromatic heterocycles. The monoisotopic (exact) mass is 517 g/mol. The van der Waals surface area contributed by atoms with Crippen LogP contribution in [0.15, 0.2) is 65.9 Å². The van der Waals surface area contributed by atoms with Crippen molar-refractivity contribution in [1.29, 1.82) is 0 Å². The number of anilines is 1. The van der Waals surface area contributed by atoms with Gasteiger partial charge in [0.05, 0.1) is 6.54 Å². The molecule has 1 aliphatic heterocycles. The topological polar surface area (TPSA) is 81.2 Å².